The van der Waals surface area contributed by atoms with Gasteiger partial charge in [0.05, 0.1) is 56.7 Å². The highest BCUT2D eigenvalue weighted by molar-refractivity contribution is 5.93. The number of carboxylic acid groups (broad SMARTS) is 1. The van der Waals surface area contributed by atoms with E-state index in [0.29, 0.717) is 50.3 Å². The van der Waals surface area contributed by atoms with E-state index in [4.69, 9.17) is 29.2 Å². The minimum Gasteiger partial charge on any atom is -0.496 e. The average Bonchev–Trinajstić information content (AvgIpc) is 2.88. The molecule has 1 N–H and O–H groups in total. The SMILES string of the molecule is COc1cc(-c2ccc3c(N4CCOC[C@@H]4C)nc(N4CCOC[C@@H]4C)nc3n2)ccc1C(=O)O. The van der Waals surface area contributed by atoms with Crippen molar-refractivity contribution in [3.8, 4) is 17.0 Å². The maximum Gasteiger partial charge on any atom is 0.339 e. The molecule has 2 saturated heterocycles. The standard InChI is InChI=1S/C25H29N5O5/c1-15-13-34-10-8-29(15)23-19-6-7-20(17-4-5-18(24(31)32)21(12-17)33-3)26-22(19)27-25(28-23)30-9-11-35-14-16(30)2/h4-7,12,15-16H,8-11,13-14H2,1-3H3,(H,31,32)/t15-,16-/m0/s1. The number of morpholine rings is 2. The summed E-state index contributed by atoms with van der Waals surface area (Å²) in [6.07, 6.45) is 0. The molecule has 1 aromatic carbocycles. The van der Waals surface area contributed by atoms with Gasteiger partial charge in [0, 0.05) is 18.7 Å². The topological polar surface area (TPSA) is 110 Å². The second kappa shape index (κ2) is 9.63. The summed E-state index contributed by atoms with van der Waals surface area (Å²) < 4.78 is 16.6. The lowest BCUT2D eigenvalue weighted by Gasteiger charge is -2.37. The minimum atomic E-state index is -1.04. The molecule has 2 atom stereocenters. The first-order valence-corrected chi connectivity index (χ1v) is 11.8. The van der Waals surface area contributed by atoms with E-state index in [1.54, 1.807) is 12.1 Å². The largest absolute Gasteiger partial charge is 0.496 e. The van der Waals surface area contributed by atoms with Crippen molar-refractivity contribution >= 4 is 28.8 Å². The number of ether oxygens (including phenoxy) is 3. The number of aromatic nitrogens is 3. The van der Waals surface area contributed by atoms with Crippen LogP contribution in [0.5, 0.6) is 5.75 Å². The van der Waals surface area contributed by atoms with Gasteiger partial charge in [-0.05, 0) is 38.1 Å². The minimum absolute atomic E-state index is 0.103. The Kier molecular flexibility index (Phi) is 6.40. The number of hydrogen-bond acceptors (Lipinski definition) is 9. The molecule has 0 spiro atoms. The fraction of sp³-hybridized carbons (Fsp3) is 0.440. The van der Waals surface area contributed by atoms with Crippen LogP contribution in [-0.2, 0) is 9.47 Å². The second-order valence-electron chi connectivity index (χ2n) is 8.87. The fourth-order valence-corrected chi connectivity index (χ4v) is 4.58. The van der Waals surface area contributed by atoms with Crippen molar-refractivity contribution in [2.24, 2.45) is 0 Å². The van der Waals surface area contributed by atoms with Gasteiger partial charge in [-0.1, -0.05) is 6.07 Å². The van der Waals surface area contributed by atoms with Crippen LogP contribution in [0.25, 0.3) is 22.3 Å². The molecule has 184 valence electrons. The van der Waals surface area contributed by atoms with Gasteiger partial charge >= 0.3 is 5.97 Å². The van der Waals surface area contributed by atoms with E-state index in [1.807, 2.05) is 12.1 Å². The summed E-state index contributed by atoms with van der Waals surface area (Å²) in [6, 6.07) is 9.17. The van der Waals surface area contributed by atoms with E-state index >= 15 is 0 Å². The number of methoxy groups -OCH3 is 1. The van der Waals surface area contributed by atoms with Crippen molar-refractivity contribution in [1.29, 1.82) is 0 Å². The zero-order valence-electron chi connectivity index (χ0n) is 20.1. The first kappa shape index (κ1) is 23.3. The van der Waals surface area contributed by atoms with Crippen LogP contribution in [-0.4, -0.2) is 84.7 Å². The molecule has 0 radical (unpaired) electrons. The number of benzene rings is 1. The van der Waals surface area contributed by atoms with Gasteiger partial charge in [-0.15, -0.1) is 0 Å². The van der Waals surface area contributed by atoms with Crippen LogP contribution in [0.2, 0.25) is 0 Å². The molecule has 10 nitrogen and oxygen atoms in total. The molecule has 2 aliphatic rings. The molecule has 0 aliphatic carbocycles. The van der Waals surface area contributed by atoms with Crippen molar-refractivity contribution in [2.75, 3.05) is 56.4 Å². The first-order valence-electron chi connectivity index (χ1n) is 11.8. The Balaban J connectivity index is 1.64. The van der Waals surface area contributed by atoms with E-state index < -0.39 is 5.97 Å². The summed E-state index contributed by atoms with van der Waals surface area (Å²) >= 11 is 0. The third-order valence-electron chi connectivity index (χ3n) is 6.52. The molecule has 2 fully saturated rings. The molecular formula is C25H29N5O5. The Morgan fingerprint density at radius 1 is 1.00 bits per heavy atom. The van der Waals surface area contributed by atoms with Crippen LogP contribution in [0.15, 0.2) is 30.3 Å². The van der Waals surface area contributed by atoms with Gasteiger partial charge in [-0.25, -0.2) is 9.78 Å². The number of anilines is 2. The van der Waals surface area contributed by atoms with E-state index in [-0.39, 0.29) is 23.4 Å². The van der Waals surface area contributed by atoms with Crippen LogP contribution in [0, 0.1) is 0 Å². The zero-order valence-corrected chi connectivity index (χ0v) is 20.1. The Hall–Kier alpha value is -3.50. The maximum atomic E-state index is 11.5. The normalized spacial score (nSPS) is 20.8. The number of carboxylic acids is 1. The van der Waals surface area contributed by atoms with Crippen LogP contribution < -0.4 is 14.5 Å². The predicted octanol–water partition coefficient (Wildman–Crippen LogP) is 2.85. The van der Waals surface area contributed by atoms with Crippen LogP contribution in [0.3, 0.4) is 0 Å². The molecule has 0 amide bonds. The third-order valence-corrected chi connectivity index (χ3v) is 6.52. The molecule has 3 aromatic rings. The number of rotatable bonds is 5. The maximum absolute atomic E-state index is 11.5. The smallest absolute Gasteiger partial charge is 0.339 e. The molecule has 4 heterocycles. The third kappa shape index (κ3) is 4.46. The van der Waals surface area contributed by atoms with Crippen molar-refractivity contribution in [3.63, 3.8) is 0 Å². The molecule has 0 unspecified atom stereocenters. The Morgan fingerprint density at radius 2 is 1.71 bits per heavy atom. The van der Waals surface area contributed by atoms with E-state index in [1.165, 1.54) is 13.2 Å². The zero-order chi connectivity index (χ0) is 24.5. The van der Waals surface area contributed by atoms with Gasteiger partial charge < -0.3 is 29.1 Å². The highest BCUT2D eigenvalue weighted by Gasteiger charge is 2.27. The van der Waals surface area contributed by atoms with Gasteiger partial charge in [0.1, 0.15) is 17.1 Å². The van der Waals surface area contributed by atoms with Crippen molar-refractivity contribution < 1.29 is 24.1 Å². The summed E-state index contributed by atoms with van der Waals surface area (Å²) in [6.45, 7) is 8.19. The van der Waals surface area contributed by atoms with Gasteiger partial charge in [0.25, 0.3) is 0 Å². The monoisotopic (exact) mass is 479 g/mol. The number of fused-ring (bicyclic) bond motifs is 1. The molecule has 5 rings (SSSR count). The molecule has 10 heteroatoms. The highest BCUT2D eigenvalue weighted by atomic mass is 16.5. The van der Waals surface area contributed by atoms with Crippen molar-refractivity contribution in [1.82, 2.24) is 15.0 Å². The van der Waals surface area contributed by atoms with Crippen molar-refractivity contribution in [2.45, 2.75) is 25.9 Å². The van der Waals surface area contributed by atoms with E-state index in [9.17, 15) is 9.90 Å². The molecule has 2 aliphatic heterocycles. The number of pyridine rings is 1. The number of hydrogen-bond donors (Lipinski definition) is 1. The quantitative estimate of drug-likeness (QED) is 0.586. The van der Waals surface area contributed by atoms with Crippen molar-refractivity contribution in [3.05, 3.63) is 35.9 Å². The second-order valence-corrected chi connectivity index (χ2v) is 8.87. The average molecular weight is 480 g/mol. The summed E-state index contributed by atoms with van der Waals surface area (Å²) in [4.78, 5) is 30.7. The number of carbonyl (C=O) groups is 1. The molecule has 2 aromatic heterocycles. The van der Waals surface area contributed by atoms with Gasteiger partial charge in [-0.2, -0.15) is 9.97 Å². The lowest BCUT2D eigenvalue weighted by molar-refractivity contribution is 0.0693. The van der Waals surface area contributed by atoms with E-state index in [2.05, 4.69) is 23.6 Å². The lowest BCUT2D eigenvalue weighted by Crippen LogP contribution is -2.46. The number of nitrogens with zero attached hydrogens (tertiary/aromatic N) is 5. The highest BCUT2D eigenvalue weighted by Crippen LogP contribution is 2.32. The summed E-state index contributed by atoms with van der Waals surface area (Å²) in [5, 5.41) is 10.3. The first-order chi connectivity index (χ1) is 17.0. The van der Waals surface area contributed by atoms with E-state index in [0.717, 1.165) is 23.3 Å². The van der Waals surface area contributed by atoms with Gasteiger partial charge in [0.2, 0.25) is 5.95 Å². The summed E-state index contributed by atoms with van der Waals surface area (Å²) in [7, 11) is 1.46. The Bertz CT molecular complexity index is 1250. The number of aromatic carboxylic acids is 1. The summed E-state index contributed by atoms with van der Waals surface area (Å²) in [5.74, 6) is 0.717. The van der Waals surface area contributed by atoms with Crippen LogP contribution in [0.1, 0.15) is 24.2 Å². The lowest BCUT2D eigenvalue weighted by atomic mass is 10.1. The molecule has 0 saturated carbocycles. The van der Waals surface area contributed by atoms with Gasteiger partial charge in [-0.3, -0.25) is 0 Å². The molecule has 0 bridgehead atoms. The predicted molar refractivity (Wildman–Crippen MR) is 132 cm³/mol. The van der Waals surface area contributed by atoms with Crippen LogP contribution >= 0.6 is 0 Å². The molecular weight excluding hydrogens is 450 g/mol. The molecule has 35 heavy (non-hydrogen) atoms. The Morgan fingerprint density at radius 3 is 2.37 bits per heavy atom. The van der Waals surface area contributed by atoms with Gasteiger partial charge in [0.15, 0.2) is 5.65 Å². The Labute approximate surface area is 203 Å². The fourth-order valence-electron chi connectivity index (χ4n) is 4.58. The van der Waals surface area contributed by atoms with Crippen LogP contribution in [0.4, 0.5) is 11.8 Å². The summed E-state index contributed by atoms with van der Waals surface area (Å²) in [5.41, 5.74) is 2.11.